The van der Waals surface area contributed by atoms with Crippen LogP contribution in [0.25, 0.3) is 5.57 Å². The maximum absolute atomic E-state index is 4.31. The molecule has 0 saturated carbocycles. The maximum Gasteiger partial charge on any atom is 0.0386 e. The highest BCUT2D eigenvalue weighted by atomic mass is 14.7. The van der Waals surface area contributed by atoms with Crippen molar-refractivity contribution in [2.24, 2.45) is 4.99 Å². The highest BCUT2D eigenvalue weighted by Crippen LogP contribution is 2.16. The second kappa shape index (κ2) is 8.07. The van der Waals surface area contributed by atoms with Crippen LogP contribution in [0, 0.1) is 18.8 Å². The number of hydrogen-bond donors (Lipinski definition) is 0. The number of aryl methyl sites for hydroxylation is 1. The van der Waals surface area contributed by atoms with Crippen LogP contribution in [0.2, 0.25) is 0 Å². The number of hydrogen-bond acceptors (Lipinski definition) is 1. The molecule has 0 aliphatic rings. The first kappa shape index (κ1) is 16.7. The van der Waals surface area contributed by atoms with Gasteiger partial charge < -0.3 is 0 Å². The van der Waals surface area contributed by atoms with Gasteiger partial charge in [-0.1, -0.05) is 49.6 Å². The van der Waals surface area contributed by atoms with Gasteiger partial charge in [0.1, 0.15) is 0 Å². The van der Waals surface area contributed by atoms with E-state index >= 15 is 0 Å². The molecule has 0 radical (unpaired) electrons. The largest absolute Gasteiger partial charge is 0.261 e. The molecular weight excluding hydrogens is 254 g/mol. The summed E-state index contributed by atoms with van der Waals surface area (Å²) in [5.74, 6) is 6.46. The van der Waals surface area contributed by atoms with E-state index in [2.05, 4.69) is 62.0 Å². The topological polar surface area (TPSA) is 12.4 Å². The van der Waals surface area contributed by atoms with E-state index in [0.29, 0.717) is 0 Å². The zero-order valence-electron chi connectivity index (χ0n) is 13.5. The molecule has 0 amide bonds. The lowest BCUT2D eigenvalue weighted by Gasteiger charge is -2.03. The number of rotatable bonds is 4. The lowest BCUT2D eigenvalue weighted by molar-refractivity contribution is 1.15. The van der Waals surface area contributed by atoms with Gasteiger partial charge in [-0.2, -0.15) is 0 Å². The summed E-state index contributed by atoms with van der Waals surface area (Å²) in [7, 11) is 0. The molecule has 0 aliphatic carbocycles. The van der Waals surface area contributed by atoms with E-state index in [9.17, 15) is 0 Å². The normalized spacial score (nSPS) is 11.6. The highest BCUT2D eigenvalue weighted by molar-refractivity contribution is 5.92. The molecule has 1 rings (SSSR count). The van der Waals surface area contributed by atoms with E-state index in [0.717, 1.165) is 34.4 Å². The molecule has 0 heterocycles. The van der Waals surface area contributed by atoms with Crippen molar-refractivity contribution in [3.8, 4) is 11.8 Å². The summed E-state index contributed by atoms with van der Waals surface area (Å²) in [5.41, 5.74) is 6.30. The van der Waals surface area contributed by atoms with E-state index in [4.69, 9.17) is 0 Å². The molecule has 0 aliphatic heterocycles. The zero-order chi connectivity index (χ0) is 15.8. The summed E-state index contributed by atoms with van der Waals surface area (Å²) in [6.07, 6.45) is 4.42. The summed E-state index contributed by atoms with van der Waals surface area (Å²) in [4.78, 5) is 4.31. The van der Waals surface area contributed by atoms with E-state index in [1.807, 2.05) is 20.0 Å². The Bertz CT molecular complexity index is 661. The lowest BCUT2D eigenvalue weighted by Crippen LogP contribution is -1.87. The predicted molar refractivity (Wildman–Crippen MR) is 94.4 cm³/mol. The van der Waals surface area contributed by atoms with Crippen molar-refractivity contribution in [2.45, 2.75) is 34.1 Å². The summed E-state index contributed by atoms with van der Waals surface area (Å²) in [5, 5.41) is 0. The Morgan fingerprint density at radius 2 is 2.05 bits per heavy atom. The van der Waals surface area contributed by atoms with Crippen molar-refractivity contribution in [1.82, 2.24) is 0 Å². The number of aliphatic imine (C=N–C) groups is 1. The van der Waals surface area contributed by atoms with Crippen LogP contribution in [0.5, 0.6) is 0 Å². The van der Waals surface area contributed by atoms with Crippen LogP contribution in [0.4, 0.5) is 0 Å². The predicted octanol–water partition coefficient (Wildman–Crippen LogP) is 5.32. The molecule has 0 saturated heterocycles. The van der Waals surface area contributed by atoms with E-state index in [-0.39, 0.29) is 0 Å². The lowest BCUT2D eigenvalue weighted by atomic mass is 10.0. The van der Waals surface area contributed by atoms with Crippen molar-refractivity contribution < 1.29 is 0 Å². The van der Waals surface area contributed by atoms with Crippen LogP contribution >= 0.6 is 0 Å². The van der Waals surface area contributed by atoms with Gasteiger partial charge in [0.05, 0.1) is 0 Å². The minimum Gasteiger partial charge on any atom is -0.261 e. The van der Waals surface area contributed by atoms with Gasteiger partial charge in [-0.3, -0.25) is 4.99 Å². The van der Waals surface area contributed by atoms with Gasteiger partial charge in [-0.25, -0.2) is 0 Å². The van der Waals surface area contributed by atoms with Crippen molar-refractivity contribution >= 4 is 11.3 Å². The van der Waals surface area contributed by atoms with Crippen LogP contribution in [0.15, 0.2) is 54.2 Å². The summed E-state index contributed by atoms with van der Waals surface area (Å²) in [6, 6.07) is 6.26. The second-order valence-corrected chi connectivity index (χ2v) is 5.04. The second-order valence-electron chi connectivity index (χ2n) is 5.04. The fraction of sp³-hybridized carbons (Fsp3) is 0.250. The molecule has 0 aromatic heterocycles. The molecule has 21 heavy (non-hydrogen) atoms. The standard InChI is InChI=1S/C20H23N/c1-7-17(6)21-14-18(8-2)10-12-20-13-19(15(3)4)11-9-16(20)5/h7,9,11,13-14H,1,3,8H2,2,4-6H3/b18-14+,21-17?. The van der Waals surface area contributed by atoms with Crippen molar-refractivity contribution in [1.29, 1.82) is 0 Å². The van der Waals surface area contributed by atoms with Crippen LogP contribution in [-0.2, 0) is 0 Å². The minimum absolute atomic E-state index is 0.861. The van der Waals surface area contributed by atoms with E-state index in [1.165, 1.54) is 5.56 Å². The summed E-state index contributed by atoms with van der Waals surface area (Å²) >= 11 is 0. The number of allylic oxidation sites excluding steroid dienone is 3. The van der Waals surface area contributed by atoms with Crippen LogP contribution in [0.3, 0.4) is 0 Å². The first-order chi connectivity index (χ1) is 9.97. The van der Waals surface area contributed by atoms with Gasteiger partial charge in [0.2, 0.25) is 0 Å². The van der Waals surface area contributed by atoms with Gasteiger partial charge in [-0.05, 0) is 50.5 Å². The van der Waals surface area contributed by atoms with Gasteiger partial charge in [0.25, 0.3) is 0 Å². The molecule has 0 unspecified atom stereocenters. The first-order valence-corrected chi connectivity index (χ1v) is 7.12. The molecule has 108 valence electrons. The zero-order valence-corrected chi connectivity index (χ0v) is 13.5. The molecule has 0 fully saturated rings. The Morgan fingerprint density at radius 1 is 1.33 bits per heavy atom. The van der Waals surface area contributed by atoms with E-state index < -0.39 is 0 Å². The highest BCUT2D eigenvalue weighted by Gasteiger charge is 1.98. The Balaban J connectivity index is 3.12. The molecule has 0 N–H and O–H groups in total. The fourth-order valence-electron chi connectivity index (χ4n) is 1.61. The van der Waals surface area contributed by atoms with Gasteiger partial charge in [-0.15, -0.1) is 0 Å². The number of nitrogens with zero attached hydrogens (tertiary/aromatic N) is 1. The molecule has 1 aromatic rings. The average Bonchev–Trinajstić information content (AvgIpc) is 2.48. The molecule has 0 spiro atoms. The molecule has 0 atom stereocenters. The molecule has 1 nitrogen and oxygen atoms in total. The average molecular weight is 277 g/mol. The smallest absolute Gasteiger partial charge is 0.0386 e. The van der Waals surface area contributed by atoms with Gasteiger partial charge >= 0.3 is 0 Å². The Morgan fingerprint density at radius 3 is 2.62 bits per heavy atom. The molecule has 1 heteroatoms. The Labute approximate surface area is 128 Å². The molecule has 0 bridgehead atoms. The SMILES string of the molecule is C=CC(C)=N/C=C(/C#Cc1cc(C(=C)C)ccc1C)CC. The third-order valence-corrected chi connectivity index (χ3v) is 3.19. The summed E-state index contributed by atoms with van der Waals surface area (Å²) in [6.45, 7) is 15.7. The number of benzene rings is 1. The van der Waals surface area contributed by atoms with E-state index in [1.54, 1.807) is 6.08 Å². The molecule has 1 aromatic carbocycles. The van der Waals surface area contributed by atoms with Crippen molar-refractivity contribution in [3.05, 3.63) is 65.9 Å². The maximum atomic E-state index is 4.31. The monoisotopic (exact) mass is 277 g/mol. The third kappa shape index (κ3) is 5.28. The van der Waals surface area contributed by atoms with Crippen LogP contribution in [-0.4, -0.2) is 5.71 Å². The quantitative estimate of drug-likeness (QED) is 0.521. The Hall–Kier alpha value is -2.33. The third-order valence-electron chi connectivity index (χ3n) is 3.19. The minimum atomic E-state index is 0.861. The van der Waals surface area contributed by atoms with Crippen LogP contribution in [0.1, 0.15) is 43.9 Å². The summed E-state index contributed by atoms with van der Waals surface area (Å²) < 4.78 is 0. The van der Waals surface area contributed by atoms with Crippen molar-refractivity contribution in [3.63, 3.8) is 0 Å². The van der Waals surface area contributed by atoms with Gasteiger partial charge in [0, 0.05) is 23.0 Å². The van der Waals surface area contributed by atoms with Gasteiger partial charge in [0.15, 0.2) is 0 Å². The fourth-order valence-corrected chi connectivity index (χ4v) is 1.61. The first-order valence-electron chi connectivity index (χ1n) is 7.12. The molecular formula is C20H23N. The van der Waals surface area contributed by atoms with Crippen LogP contribution < -0.4 is 0 Å². The van der Waals surface area contributed by atoms with Crippen molar-refractivity contribution in [2.75, 3.05) is 0 Å². The Kier molecular flexibility index (Phi) is 6.43.